The molecule has 1 aromatic rings. The molecule has 1 aliphatic rings. The summed E-state index contributed by atoms with van der Waals surface area (Å²) in [7, 11) is 0. The molecule has 18 heavy (non-hydrogen) atoms. The molecule has 94 valence electrons. The molecule has 0 bridgehead atoms. The van der Waals surface area contributed by atoms with E-state index < -0.39 is 24.3 Å². The van der Waals surface area contributed by atoms with Gasteiger partial charge in [0.1, 0.15) is 11.8 Å². The number of amides is 1. The molecule has 1 aliphatic heterocycles. The summed E-state index contributed by atoms with van der Waals surface area (Å²) in [5.74, 6) is -4.98. The fourth-order valence-corrected chi connectivity index (χ4v) is 2.06. The SMILES string of the molecule is C[C@H]1CC(F)(F)C(=O)N1c1ccc(C#N)c(O)c1. The van der Waals surface area contributed by atoms with Crippen molar-refractivity contribution in [1.82, 2.24) is 0 Å². The molecule has 1 N–H and O–H groups in total. The first-order valence-electron chi connectivity index (χ1n) is 5.31. The number of carbonyl (C=O) groups excluding carboxylic acids is 1. The second-order valence-electron chi connectivity index (χ2n) is 4.25. The molecule has 0 saturated carbocycles. The van der Waals surface area contributed by atoms with Gasteiger partial charge in [0.2, 0.25) is 0 Å². The van der Waals surface area contributed by atoms with Crippen LogP contribution in [-0.2, 0) is 4.79 Å². The van der Waals surface area contributed by atoms with Crippen LogP contribution < -0.4 is 4.90 Å². The Balaban J connectivity index is 2.42. The number of phenols is 1. The summed E-state index contributed by atoms with van der Waals surface area (Å²) in [5, 5.41) is 18.2. The molecule has 4 nitrogen and oxygen atoms in total. The van der Waals surface area contributed by atoms with Gasteiger partial charge in [0.15, 0.2) is 0 Å². The van der Waals surface area contributed by atoms with E-state index in [4.69, 9.17) is 5.26 Å². The van der Waals surface area contributed by atoms with Crippen molar-refractivity contribution in [2.45, 2.75) is 25.3 Å². The Labute approximate surface area is 102 Å². The van der Waals surface area contributed by atoms with Gasteiger partial charge < -0.3 is 10.0 Å². The van der Waals surface area contributed by atoms with Gasteiger partial charge in [-0.05, 0) is 19.1 Å². The van der Waals surface area contributed by atoms with Crippen LogP contribution >= 0.6 is 0 Å². The van der Waals surface area contributed by atoms with Crippen LogP contribution in [0.3, 0.4) is 0 Å². The topological polar surface area (TPSA) is 64.3 Å². The number of alkyl halides is 2. The molecule has 1 atom stereocenters. The summed E-state index contributed by atoms with van der Waals surface area (Å²) in [6, 6.07) is 4.91. The Hall–Kier alpha value is -2.16. The van der Waals surface area contributed by atoms with E-state index in [0.717, 1.165) is 11.0 Å². The van der Waals surface area contributed by atoms with Crippen LogP contribution in [0.25, 0.3) is 0 Å². The summed E-state index contributed by atoms with van der Waals surface area (Å²) < 4.78 is 26.5. The van der Waals surface area contributed by atoms with Gasteiger partial charge in [-0.1, -0.05) is 0 Å². The number of phenolic OH excluding ortho intramolecular Hbond substituents is 1. The van der Waals surface area contributed by atoms with Gasteiger partial charge in [-0.25, -0.2) is 0 Å². The van der Waals surface area contributed by atoms with Crippen LogP contribution in [0.2, 0.25) is 0 Å². The van der Waals surface area contributed by atoms with Crippen LogP contribution in [0.1, 0.15) is 18.9 Å². The zero-order valence-electron chi connectivity index (χ0n) is 9.52. The predicted octanol–water partition coefficient (Wildman–Crippen LogP) is 2.02. The zero-order valence-corrected chi connectivity index (χ0v) is 9.52. The van der Waals surface area contributed by atoms with Crippen molar-refractivity contribution >= 4 is 11.6 Å². The first kappa shape index (κ1) is 12.3. The van der Waals surface area contributed by atoms with Crippen LogP contribution in [0.5, 0.6) is 5.75 Å². The number of hydrogen-bond acceptors (Lipinski definition) is 3. The average molecular weight is 252 g/mol. The maximum Gasteiger partial charge on any atom is 0.327 e. The molecule has 0 radical (unpaired) electrons. The van der Waals surface area contributed by atoms with Gasteiger partial charge in [-0.3, -0.25) is 4.79 Å². The quantitative estimate of drug-likeness (QED) is 0.831. The molecule has 0 spiro atoms. The number of hydrogen-bond donors (Lipinski definition) is 1. The van der Waals surface area contributed by atoms with Crippen LogP contribution in [0.4, 0.5) is 14.5 Å². The smallest absolute Gasteiger partial charge is 0.327 e. The number of rotatable bonds is 1. The van der Waals surface area contributed by atoms with Gasteiger partial charge in [0.05, 0.1) is 5.56 Å². The highest BCUT2D eigenvalue weighted by molar-refractivity contribution is 6.01. The maximum absolute atomic E-state index is 13.3. The Bertz CT molecular complexity index is 551. The van der Waals surface area contributed by atoms with Gasteiger partial charge in [-0.2, -0.15) is 14.0 Å². The highest BCUT2D eigenvalue weighted by Gasteiger charge is 2.52. The summed E-state index contributed by atoms with van der Waals surface area (Å²) >= 11 is 0. The number of aromatic hydroxyl groups is 1. The Morgan fingerprint density at radius 3 is 2.67 bits per heavy atom. The molecule has 0 aromatic heterocycles. The second-order valence-corrected chi connectivity index (χ2v) is 4.25. The first-order valence-corrected chi connectivity index (χ1v) is 5.31. The predicted molar refractivity (Wildman–Crippen MR) is 59.3 cm³/mol. The van der Waals surface area contributed by atoms with Crippen molar-refractivity contribution in [3.8, 4) is 11.8 Å². The van der Waals surface area contributed by atoms with Crippen molar-refractivity contribution in [3.05, 3.63) is 23.8 Å². The summed E-state index contributed by atoms with van der Waals surface area (Å²) in [4.78, 5) is 12.5. The van der Waals surface area contributed by atoms with Crippen LogP contribution in [0.15, 0.2) is 18.2 Å². The third-order valence-electron chi connectivity index (χ3n) is 2.90. The molecule has 1 amide bonds. The molecular weight excluding hydrogens is 242 g/mol. The average Bonchev–Trinajstić information content (AvgIpc) is 2.48. The van der Waals surface area contributed by atoms with Gasteiger partial charge in [-0.15, -0.1) is 0 Å². The van der Waals surface area contributed by atoms with Gasteiger partial charge in [0.25, 0.3) is 5.91 Å². The Morgan fingerprint density at radius 2 is 2.22 bits per heavy atom. The lowest BCUT2D eigenvalue weighted by Crippen LogP contribution is -2.35. The van der Waals surface area contributed by atoms with E-state index >= 15 is 0 Å². The number of nitriles is 1. The number of nitrogens with zero attached hydrogens (tertiary/aromatic N) is 2. The molecule has 2 rings (SSSR count). The van der Waals surface area contributed by atoms with E-state index in [-0.39, 0.29) is 17.0 Å². The van der Waals surface area contributed by atoms with Crippen LogP contribution in [0, 0.1) is 11.3 Å². The van der Waals surface area contributed by atoms with Crippen molar-refractivity contribution in [3.63, 3.8) is 0 Å². The fourth-order valence-electron chi connectivity index (χ4n) is 2.06. The minimum Gasteiger partial charge on any atom is -0.506 e. The molecule has 0 unspecified atom stereocenters. The highest BCUT2D eigenvalue weighted by atomic mass is 19.3. The minimum atomic E-state index is -3.37. The third-order valence-corrected chi connectivity index (χ3v) is 2.90. The molecule has 0 aliphatic carbocycles. The van der Waals surface area contributed by atoms with E-state index in [0.29, 0.717) is 0 Å². The summed E-state index contributed by atoms with van der Waals surface area (Å²) in [5.41, 5.74) is 0.200. The van der Waals surface area contributed by atoms with E-state index in [1.54, 1.807) is 6.07 Å². The van der Waals surface area contributed by atoms with Crippen LogP contribution in [-0.4, -0.2) is 23.0 Å². The molecule has 1 aromatic carbocycles. The van der Waals surface area contributed by atoms with Gasteiger partial charge in [0, 0.05) is 24.2 Å². The Kier molecular flexibility index (Phi) is 2.70. The zero-order chi connectivity index (χ0) is 13.5. The fraction of sp³-hybridized carbons (Fsp3) is 0.333. The largest absolute Gasteiger partial charge is 0.506 e. The normalized spacial score (nSPS) is 22.0. The van der Waals surface area contributed by atoms with E-state index in [2.05, 4.69) is 0 Å². The van der Waals surface area contributed by atoms with E-state index in [9.17, 15) is 18.7 Å². The summed E-state index contributed by atoms with van der Waals surface area (Å²) in [6.45, 7) is 1.51. The lowest BCUT2D eigenvalue weighted by atomic mass is 10.1. The lowest BCUT2D eigenvalue weighted by molar-refractivity contribution is -0.137. The van der Waals surface area contributed by atoms with Crippen molar-refractivity contribution in [1.29, 1.82) is 5.26 Å². The number of carbonyl (C=O) groups is 1. The minimum absolute atomic E-state index is 0.0322. The lowest BCUT2D eigenvalue weighted by Gasteiger charge is -2.21. The molecule has 1 saturated heterocycles. The van der Waals surface area contributed by atoms with Crippen molar-refractivity contribution in [2.75, 3.05) is 4.90 Å². The van der Waals surface area contributed by atoms with Gasteiger partial charge >= 0.3 is 5.92 Å². The van der Waals surface area contributed by atoms with E-state index in [1.807, 2.05) is 0 Å². The van der Waals surface area contributed by atoms with Crippen molar-refractivity contribution < 1.29 is 18.7 Å². The van der Waals surface area contributed by atoms with Crippen molar-refractivity contribution in [2.24, 2.45) is 0 Å². The first-order chi connectivity index (χ1) is 8.36. The number of benzene rings is 1. The molecule has 6 heteroatoms. The highest BCUT2D eigenvalue weighted by Crippen LogP contribution is 2.37. The molecule has 1 fully saturated rings. The summed E-state index contributed by atoms with van der Waals surface area (Å²) in [6.07, 6.45) is -0.549. The number of anilines is 1. The molecular formula is C12H10F2N2O2. The standard InChI is InChI=1S/C12H10F2N2O2/c1-7-5-12(13,14)11(18)16(7)9-3-2-8(6-15)10(17)4-9/h2-4,7,17H,5H2,1H3/t7-/m0/s1. The van der Waals surface area contributed by atoms with E-state index in [1.165, 1.54) is 19.1 Å². The second kappa shape index (κ2) is 3.95. The Morgan fingerprint density at radius 1 is 1.56 bits per heavy atom. The monoisotopic (exact) mass is 252 g/mol. The molecule has 1 heterocycles. The third kappa shape index (κ3) is 1.78. The number of halogens is 2. The maximum atomic E-state index is 13.3.